The van der Waals surface area contributed by atoms with Crippen molar-refractivity contribution in [2.45, 2.75) is 19.1 Å². The number of ether oxygens (including phenoxy) is 1. The molecule has 2 atom stereocenters. The number of benzene rings is 1. The third kappa shape index (κ3) is 5.06. The summed E-state index contributed by atoms with van der Waals surface area (Å²) in [6.07, 6.45) is -0.513. The monoisotopic (exact) mass is 282 g/mol. The number of hydrogen-bond acceptors (Lipinski definition) is 5. The first kappa shape index (κ1) is 15.8. The molecule has 0 saturated heterocycles. The third-order valence-electron chi connectivity index (χ3n) is 2.42. The van der Waals surface area contributed by atoms with Crippen LogP contribution in [0, 0.1) is 0 Å². The lowest BCUT2D eigenvalue weighted by Crippen LogP contribution is -2.22. The maximum atomic E-state index is 10.9. The molecule has 19 heavy (non-hydrogen) atoms. The number of hydrogen-bond donors (Lipinski definition) is 2. The van der Waals surface area contributed by atoms with Crippen molar-refractivity contribution in [1.29, 1.82) is 0 Å². The molecule has 0 radical (unpaired) electrons. The van der Waals surface area contributed by atoms with Gasteiger partial charge in [-0.15, -0.1) is 0 Å². The average Bonchev–Trinajstić information content (AvgIpc) is 2.42. The van der Waals surface area contributed by atoms with E-state index in [4.69, 9.17) is 4.74 Å². The van der Waals surface area contributed by atoms with Gasteiger partial charge in [0, 0.05) is 18.2 Å². The van der Waals surface area contributed by atoms with Gasteiger partial charge < -0.3 is 14.9 Å². The van der Waals surface area contributed by atoms with Crippen LogP contribution < -0.4 is 4.74 Å². The molecule has 4 nitrogen and oxygen atoms in total. The summed E-state index contributed by atoms with van der Waals surface area (Å²) < 4.78 is 5.42. The fraction of sp³-hybridized carbons (Fsp3) is 0.357. The third-order valence-corrected chi connectivity index (χ3v) is 3.33. The van der Waals surface area contributed by atoms with Crippen molar-refractivity contribution in [3.05, 3.63) is 42.5 Å². The first-order valence-electron chi connectivity index (χ1n) is 5.88. The van der Waals surface area contributed by atoms with Crippen molar-refractivity contribution in [3.8, 4) is 5.75 Å². The summed E-state index contributed by atoms with van der Waals surface area (Å²) in [5, 5.41) is 19.9. The van der Waals surface area contributed by atoms with Crippen LogP contribution in [-0.4, -0.2) is 33.8 Å². The highest BCUT2D eigenvalue weighted by Gasteiger charge is 2.22. The molecule has 0 fully saturated rings. The Morgan fingerprint density at radius 2 is 2.16 bits per heavy atom. The van der Waals surface area contributed by atoms with Crippen molar-refractivity contribution in [1.82, 2.24) is 0 Å². The summed E-state index contributed by atoms with van der Waals surface area (Å²) in [5.74, 6) is 0.647. The van der Waals surface area contributed by atoms with Crippen molar-refractivity contribution in [2.75, 3.05) is 12.4 Å². The Morgan fingerprint density at radius 3 is 2.79 bits per heavy atom. The number of aliphatic hydroxyl groups excluding tert-OH is 2. The molecular weight excluding hydrogens is 264 g/mol. The van der Waals surface area contributed by atoms with Gasteiger partial charge in [0.05, 0.1) is 6.10 Å². The predicted molar refractivity (Wildman–Crippen MR) is 76.2 cm³/mol. The van der Waals surface area contributed by atoms with Crippen LogP contribution in [0.2, 0.25) is 0 Å². The molecule has 0 aromatic heterocycles. The van der Waals surface area contributed by atoms with Crippen LogP contribution in [0.3, 0.4) is 0 Å². The highest BCUT2D eigenvalue weighted by molar-refractivity contribution is 8.13. The van der Waals surface area contributed by atoms with E-state index in [1.54, 1.807) is 30.3 Å². The van der Waals surface area contributed by atoms with E-state index >= 15 is 0 Å². The molecule has 0 heterocycles. The molecule has 0 aliphatic rings. The summed E-state index contributed by atoms with van der Waals surface area (Å²) >= 11 is 0.980. The molecule has 0 aliphatic heterocycles. The van der Waals surface area contributed by atoms with Crippen LogP contribution >= 0.6 is 11.8 Å². The minimum Gasteiger partial charge on any atom is -0.489 e. The van der Waals surface area contributed by atoms with Gasteiger partial charge in [-0.05, 0) is 6.07 Å². The second-order valence-corrected chi connectivity index (χ2v) is 5.15. The molecule has 2 unspecified atom stereocenters. The van der Waals surface area contributed by atoms with E-state index in [0.717, 1.165) is 11.8 Å². The predicted octanol–water partition coefficient (Wildman–Crippen LogP) is 1.93. The highest BCUT2D eigenvalue weighted by Crippen LogP contribution is 2.28. The smallest absolute Gasteiger partial charge is 0.185 e. The van der Waals surface area contributed by atoms with E-state index in [9.17, 15) is 15.0 Å². The largest absolute Gasteiger partial charge is 0.489 e. The van der Waals surface area contributed by atoms with Crippen LogP contribution in [0.5, 0.6) is 5.75 Å². The van der Waals surface area contributed by atoms with E-state index in [0.29, 0.717) is 17.9 Å². The van der Waals surface area contributed by atoms with Crippen LogP contribution in [0.4, 0.5) is 0 Å². The maximum Gasteiger partial charge on any atom is 0.185 e. The zero-order valence-electron chi connectivity index (χ0n) is 10.8. The number of para-hydroxylation sites is 1. The molecule has 0 amide bonds. The van der Waals surface area contributed by atoms with E-state index in [1.165, 1.54) is 6.92 Å². The molecule has 0 spiro atoms. The molecule has 0 saturated carbocycles. The summed E-state index contributed by atoms with van der Waals surface area (Å²) in [7, 11) is 0. The van der Waals surface area contributed by atoms with Gasteiger partial charge in [-0.1, -0.05) is 42.6 Å². The quantitative estimate of drug-likeness (QED) is 0.748. The van der Waals surface area contributed by atoms with Crippen molar-refractivity contribution >= 4 is 16.9 Å². The number of carbonyl (C=O) groups excluding carboxylic acids is 1. The Labute approximate surface area is 117 Å². The lowest BCUT2D eigenvalue weighted by atomic mass is 10.0. The molecule has 1 rings (SSSR count). The fourth-order valence-electron chi connectivity index (χ4n) is 1.51. The van der Waals surface area contributed by atoms with Crippen molar-refractivity contribution < 1.29 is 19.7 Å². The van der Waals surface area contributed by atoms with Crippen LogP contribution in [0.25, 0.3) is 0 Å². The van der Waals surface area contributed by atoms with E-state index in [1.807, 2.05) is 0 Å². The molecule has 2 N–H and O–H groups in total. The fourth-order valence-corrected chi connectivity index (χ4v) is 2.09. The van der Waals surface area contributed by atoms with Crippen LogP contribution in [0.15, 0.2) is 36.9 Å². The molecule has 5 heteroatoms. The van der Waals surface area contributed by atoms with Gasteiger partial charge in [-0.2, -0.15) is 0 Å². The Kier molecular flexibility index (Phi) is 6.62. The number of rotatable bonds is 7. The minimum atomic E-state index is -1.09. The van der Waals surface area contributed by atoms with Gasteiger partial charge in [0.2, 0.25) is 0 Å². The SMILES string of the molecule is C=CCOc1ccccc1C(O)C(O)CSC(C)=O. The summed E-state index contributed by atoms with van der Waals surface area (Å²) in [6, 6.07) is 6.94. The van der Waals surface area contributed by atoms with Gasteiger partial charge >= 0.3 is 0 Å². The second-order valence-electron chi connectivity index (χ2n) is 3.95. The van der Waals surface area contributed by atoms with Gasteiger partial charge in [0.25, 0.3) is 0 Å². The molecule has 0 bridgehead atoms. The van der Waals surface area contributed by atoms with Crippen molar-refractivity contribution in [2.24, 2.45) is 0 Å². The number of aliphatic hydroxyl groups is 2. The van der Waals surface area contributed by atoms with Crippen LogP contribution in [-0.2, 0) is 4.79 Å². The summed E-state index contributed by atoms with van der Waals surface area (Å²) in [5.41, 5.74) is 0.501. The molecule has 104 valence electrons. The van der Waals surface area contributed by atoms with Crippen molar-refractivity contribution in [3.63, 3.8) is 0 Å². The zero-order valence-corrected chi connectivity index (χ0v) is 11.6. The van der Waals surface area contributed by atoms with E-state index in [-0.39, 0.29) is 10.9 Å². The average molecular weight is 282 g/mol. The summed E-state index contributed by atoms with van der Waals surface area (Å²) in [4.78, 5) is 10.9. The van der Waals surface area contributed by atoms with Gasteiger partial charge in [0.1, 0.15) is 18.5 Å². The maximum absolute atomic E-state index is 10.9. The second kappa shape index (κ2) is 7.99. The first-order chi connectivity index (χ1) is 9.06. The molecule has 1 aromatic rings. The lowest BCUT2D eigenvalue weighted by Gasteiger charge is -2.20. The summed E-state index contributed by atoms with van der Waals surface area (Å²) in [6.45, 7) is 5.30. The van der Waals surface area contributed by atoms with Gasteiger partial charge in [-0.25, -0.2) is 0 Å². The normalized spacial score (nSPS) is 13.6. The van der Waals surface area contributed by atoms with Gasteiger partial charge in [0.15, 0.2) is 5.12 Å². The topological polar surface area (TPSA) is 66.8 Å². The standard InChI is InChI=1S/C14H18O4S/c1-3-8-18-13-7-5-4-6-11(13)14(17)12(16)9-19-10(2)15/h3-7,12,14,16-17H,1,8-9H2,2H3. The Balaban J connectivity index is 2.76. The Hall–Kier alpha value is -1.30. The lowest BCUT2D eigenvalue weighted by molar-refractivity contribution is -0.109. The molecule has 1 aromatic carbocycles. The highest BCUT2D eigenvalue weighted by atomic mass is 32.2. The number of carbonyl (C=O) groups is 1. The molecular formula is C14H18O4S. The minimum absolute atomic E-state index is 0.0950. The van der Waals surface area contributed by atoms with E-state index < -0.39 is 12.2 Å². The molecule has 0 aliphatic carbocycles. The Morgan fingerprint density at radius 1 is 1.47 bits per heavy atom. The zero-order chi connectivity index (χ0) is 14.3. The van der Waals surface area contributed by atoms with Gasteiger partial charge in [-0.3, -0.25) is 4.79 Å². The van der Waals surface area contributed by atoms with Crippen LogP contribution in [0.1, 0.15) is 18.6 Å². The Bertz CT molecular complexity index is 433. The first-order valence-corrected chi connectivity index (χ1v) is 6.87. The van der Waals surface area contributed by atoms with E-state index in [2.05, 4.69) is 6.58 Å². The number of thioether (sulfide) groups is 1.